The molecule has 1 fully saturated rings. The molecule has 1 aromatic carbocycles. The van der Waals surface area contributed by atoms with Crippen LogP contribution in [0.1, 0.15) is 38.8 Å². The Morgan fingerprint density at radius 1 is 1.27 bits per heavy atom. The zero-order valence-corrected chi connectivity index (χ0v) is 14.4. The van der Waals surface area contributed by atoms with Crippen LogP contribution < -0.4 is 5.73 Å². The third-order valence-electron chi connectivity index (χ3n) is 4.41. The number of halogens is 2. The molecule has 120 valence electrons. The average molecular weight is 326 g/mol. The van der Waals surface area contributed by atoms with Gasteiger partial charge in [-0.3, -0.25) is 0 Å². The highest BCUT2D eigenvalue weighted by molar-refractivity contribution is 6.56. The Labute approximate surface area is 136 Å². The quantitative estimate of drug-likeness (QED) is 0.861. The van der Waals surface area contributed by atoms with Crippen molar-refractivity contribution in [1.82, 2.24) is 0 Å². The Bertz CT molecular complexity index is 600. The molecule has 1 aliphatic rings. The summed E-state index contributed by atoms with van der Waals surface area (Å²) in [6, 6.07) is 3.00. The van der Waals surface area contributed by atoms with Crippen molar-refractivity contribution in [2.75, 3.05) is 6.54 Å². The van der Waals surface area contributed by atoms with Gasteiger partial charge >= 0.3 is 7.12 Å². The third-order valence-corrected chi connectivity index (χ3v) is 4.74. The lowest BCUT2D eigenvalue weighted by molar-refractivity contribution is 0.00578. The minimum absolute atomic E-state index is 0.239. The molecule has 0 amide bonds. The molecule has 0 aromatic heterocycles. The molecule has 0 unspecified atom stereocenters. The van der Waals surface area contributed by atoms with Crippen LogP contribution in [0, 0.1) is 12.7 Å². The Morgan fingerprint density at radius 2 is 1.82 bits per heavy atom. The van der Waals surface area contributed by atoms with Crippen molar-refractivity contribution in [3.8, 4) is 0 Å². The fourth-order valence-corrected chi connectivity index (χ4v) is 2.46. The molecular formula is C16H22BClFNO2. The normalized spacial score (nSPS) is 20.5. The van der Waals surface area contributed by atoms with E-state index in [1.54, 1.807) is 19.1 Å². The maximum absolute atomic E-state index is 13.8. The summed E-state index contributed by atoms with van der Waals surface area (Å²) in [5, 5.41) is 0.473. The molecule has 1 aromatic rings. The Balaban J connectivity index is 2.36. The van der Waals surface area contributed by atoms with Gasteiger partial charge in [0.1, 0.15) is 5.82 Å². The van der Waals surface area contributed by atoms with Gasteiger partial charge in [-0.2, -0.15) is 0 Å². The highest BCUT2D eigenvalue weighted by Crippen LogP contribution is 2.39. The molecule has 0 aliphatic carbocycles. The van der Waals surface area contributed by atoms with Crippen molar-refractivity contribution in [3.63, 3.8) is 0 Å². The van der Waals surface area contributed by atoms with E-state index >= 15 is 0 Å². The number of aryl methyl sites for hydroxylation is 1. The van der Waals surface area contributed by atoms with Crippen molar-refractivity contribution in [1.29, 1.82) is 0 Å². The van der Waals surface area contributed by atoms with Crippen molar-refractivity contribution in [3.05, 3.63) is 39.6 Å². The summed E-state index contributed by atoms with van der Waals surface area (Å²) in [5.74, 6) is -0.305. The van der Waals surface area contributed by atoms with E-state index in [4.69, 9.17) is 26.6 Å². The van der Waals surface area contributed by atoms with Crippen molar-refractivity contribution >= 4 is 24.8 Å². The van der Waals surface area contributed by atoms with Crippen LogP contribution in [0.2, 0.25) is 5.02 Å². The van der Waals surface area contributed by atoms with E-state index in [9.17, 15) is 4.39 Å². The highest BCUT2D eigenvalue weighted by atomic mass is 35.5. The first-order valence-corrected chi connectivity index (χ1v) is 7.67. The predicted octanol–water partition coefficient (Wildman–Crippen LogP) is 3.76. The van der Waals surface area contributed by atoms with Crippen LogP contribution in [-0.4, -0.2) is 24.9 Å². The lowest BCUT2D eigenvalue weighted by Gasteiger charge is -2.32. The summed E-state index contributed by atoms with van der Waals surface area (Å²) in [5.41, 5.74) is 6.73. The van der Waals surface area contributed by atoms with Gasteiger partial charge in [-0.25, -0.2) is 4.39 Å². The predicted molar refractivity (Wildman–Crippen MR) is 89.3 cm³/mol. The fraction of sp³-hybridized carbons (Fsp3) is 0.500. The molecule has 1 aliphatic heterocycles. The molecule has 22 heavy (non-hydrogen) atoms. The second-order valence-electron chi connectivity index (χ2n) is 6.63. The van der Waals surface area contributed by atoms with Crippen LogP contribution >= 0.6 is 11.6 Å². The number of hydrogen-bond donors (Lipinski definition) is 1. The minimum Gasteiger partial charge on any atom is -0.400 e. The standard InChI is InChI=1S/C16H22BClFNO2/c1-10-6-13(18)11(8-14(10)19)7-12(9-20)17-21-15(2,3)16(4,5)22-17/h6-8H,9,20H2,1-5H3. The molecule has 2 N–H and O–H groups in total. The average Bonchev–Trinajstić information content (AvgIpc) is 2.61. The van der Waals surface area contributed by atoms with Gasteiger partial charge in [-0.15, -0.1) is 0 Å². The minimum atomic E-state index is -0.560. The third kappa shape index (κ3) is 3.23. The van der Waals surface area contributed by atoms with Gasteiger partial charge < -0.3 is 15.0 Å². The van der Waals surface area contributed by atoms with E-state index in [1.807, 2.05) is 27.7 Å². The summed E-state index contributed by atoms with van der Waals surface area (Å²) < 4.78 is 25.7. The van der Waals surface area contributed by atoms with Crippen LogP contribution in [0.4, 0.5) is 4.39 Å². The maximum Gasteiger partial charge on any atom is 0.491 e. The summed E-state index contributed by atoms with van der Waals surface area (Å²) in [4.78, 5) is 0. The molecule has 6 heteroatoms. The molecule has 1 heterocycles. The van der Waals surface area contributed by atoms with E-state index in [-0.39, 0.29) is 12.4 Å². The molecule has 3 nitrogen and oxygen atoms in total. The number of nitrogens with two attached hydrogens (primary N) is 1. The molecule has 0 bridgehead atoms. The lowest BCUT2D eigenvalue weighted by atomic mass is 9.77. The van der Waals surface area contributed by atoms with Crippen LogP contribution in [0.25, 0.3) is 6.08 Å². The second kappa shape index (κ2) is 5.97. The summed E-state index contributed by atoms with van der Waals surface area (Å²) in [7, 11) is -0.560. The zero-order chi connectivity index (χ0) is 16.7. The van der Waals surface area contributed by atoms with E-state index in [0.29, 0.717) is 16.1 Å². The van der Waals surface area contributed by atoms with E-state index < -0.39 is 18.3 Å². The summed E-state index contributed by atoms with van der Waals surface area (Å²) >= 11 is 6.19. The SMILES string of the molecule is Cc1cc(Cl)c(C=C(CN)B2OC(C)(C)C(C)(C)O2)cc1F. The first-order chi connectivity index (χ1) is 10.1. The lowest BCUT2D eigenvalue weighted by Crippen LogP contribution is -2.41. The van der Waals surface area contributed by atoms with Crippen LogP contribution in [-0.2, 0) is 9.31 Å². The smallest absolute Gasteiger partial charge is 0.400 e. The van der Waals surface area contributed by atoms with Gasteiger partial charge in [0.2, 0.25) is 0 Å². The van der Waals surface area contributed by atoms with E-state index in [1.165, 1.54) is 6.07 Å². The largest absolute Gasteiger partial charge is 0.491 e. The Morgan fingerprint density at radius 3 is 2.32 bits per heavy atom. The molecule has 0 saturated carbocycles. The first-order valence-electron chi connectivity index (χ1n) is 7.29. The van der Waals surface area contributed by atoms with Gasteiger partial charge in [0.15, 0.2) is 0 Å². The number of hydrogen-bond acceptors (Lipinski definition) is 3. The number of benzene rings is 1. The summed E-state index contributed by atoms with van der Waals surface area (Å²) in [6.45, 7) is 9.80. The molecular weight excluding hydrogens is 303 g/mol. The molecule has 0 radical (unpaired) electrons. The highest BCUT2D eigenvalue weighted by Gasteiger charge is 2.52. The van der Waals surface area contributed by atoms with E-state index in [0.717, 1.165) is 5.47 Å². The first kappa shape index (κ1) is 17.5. The van der Waals surface area contributed by atoms with Gasteiger partial charge in [0, 0.05) is 11.6 Å². The maximum atomic E-state index is 13.8. The molecule has 2 rings (SSSR count). The number of rotatable bonds is 3. The topological polar surface area (TPSA) is 44.5 Å². The van der Waals surface area contributed by atoms with Gasteiger partial charge in [-0.1, -0.05) is 17.7 Å². The van der Waals surface area contributed by atoms with Gasteiger partial charge in [-0.05, 0) is 63.4 Å². The molecule has 0 atom stereocenters. The van der Waals surface area contributed by atoms with Crippen molar-refractivity contribution in [2.24, 2.45) is 5.73 Å². The Kier molecular flexibility index (Phi) is 4.74. The van der Waals surface area contributed by atoms with Crippen LogP contribution in [0.3, 0.4) is 0 Å². The van der Waals surface area contributed by atoms with Gasteiger partial charge in [0.25, 0.3) is 0 Å². The van der Waals surface area contributed by atoms with Crippen LogP contribution in [0.5, 0.6) is 0 Å². The van der Waals surface area contributed by atoms with Gasteiger partial charge in [0.05, 0.1) is 11.2 Å². The van der Waals surface area contributed by atoms with Crippen molar-refractivity contribution < 1.29 is 13.7 Å². The molecule has 0 spiro atoms. The molecule has 1 saturated heterocycles. The monoisotopic (exact) mass is 325 g/mol. The van der Waals surface area contributed by atoms with Crippen LogP contribution in [0.15, 0.2) is 17.6 Å². The summed E-state index contributed by atoms with van der Waals surface area (Å²) in [6.07, 6.45) is 1.74. The Hall–Kier alpha value is -0.875. The second-order valence-corrected chi connectivity index (χ2v) is 7.04. The zero-order valence-electron chi connectivity index (χ0n) is 13.7. The van der Waals surface area contributed by atoms with E-state index in [2.05, 4.69) is 0 Å². The van der Waals surface area contributed by atoms with Crippen molar-refractivity contribution in [2.45, 2.75) is 45.8 Å². The fourth-order valence-electron chi connectivity index (χ4n) is 2.19.